The lowest BCUT2D eigenvalue weighted by atomic mass is 9.92. The Hall–Kier alpha value is -2.45. The first-order valence-electron chi connectivity index (χ1n) is 8.94. The van der Waals surface area contributed by atoms with E-state index in [1.54, 1.807) is 6.07 Å². The van der Waals surface area contributed by atoms with E-state index < -0.39 is 14.9 Å². The molecule has 1 unspecified atom stereocenters. The summed E-state index contributed by atoms with van der Waals surface area (Å²) in [6.07, 6.45) is 2.85. The molecule has 1 aliphatic rings. The maximum Gasteiger partial charge on any atom is 0.293 e. The standard InChI is InChI=1S/C19H23N3O4S/c1-20-27(25,26)17-9-10-18(19(14-17)22(23)24)21-12-5-8-16(11-13-21)15-6-3-2-4-7-15/h2-4,6-7,9-10,14,16,20H,5,8,11-13H2,1H3. The molecule has 2 aromatic carbocycles. The Morgan fingerprint density at radius 2 is 1.85 bits per heavy atom. The summed E-state index contributed by atoms with van der Waals surface area (Å²) in [6, 6.07) is 14.4. The molecule has 0 radical (unpaired) electrons. The molecule has 1 aliphatic heterocycles. The first kappa shape index (κ1) is 19.3. The molecule has 7 nitrogen and oxygen atoms in total. The number of nitrogens with one attached hydrogen (secondary N) is 1. The van der Waals surface area contributed by atoms with Gasteiger partial charge in [-0.05, 0) is 49.9 Å². The van der Waals surface area contributed by atoms with E-state index >= 15 is 0 Å². The smallest absolute Gasteiger partial charge is 0.293 e. The van der Waals surface area contributed by atoms with Crippen molar-refractivity contribution in [2.75, 3.05) is 25.0 Å². The van der Waals surface area contributed by atoms with Crippen molar-refractivity contribution in [1.82, 2.24) is 4.72 Å². The van der Waals surface area contributed by atoms with Gasteiger partial charge in [0.1, 0.15) is 5.69 Å². The molecule has 1 fully saturated rings. The topological polar surface area (TPSA) is 92.6 Å². The predicted octanol–water partition coefficient (Wildman–Crippen LogP) is 3.28. The number of hydrogen-bond acceptors (Lipinski definition) is 5. The predicted molar refractivity (Wildman–Crippen MR) is 105 cm³/mol. The number of benzene rings is 2. The quantitative estimate of drug-likeness (QED) is 0.626. The van der Waals surface area contributed by atoms with E-state index in [9.17, 15) is 18.5 Å². The van der Waals surface area contributed by atoms with Gasteiger partial charge in [0.25, 0.3) is 5.69 Å². The van der Waals surface area contributed by atoms with E-state index in [4.69, 9.17) is 0 Å². The molecule has 0 saturated carbocycles. The molecule has 1 atom stereocenters. The highest BCUT2D eigenvalue weighted by Gasteiger charge is 2.26. The van der Waals surface area contributed by atoms with Crippen molar-refractivity contribution in [2.24, 2.45) is 0 Å². The Balaban J connectivity index is 1.86. The maximum absolute atomic E-state index is 12.0. The lowest BCUT2D eigenvalue weighted by Gasteiger charge is -2.23. The van der Waals surface area contributed by atoms with Crippen molar-refractivity contribution in [3.63, 3.8) is 0 Å². The highest BCUT2D eigenvalue weighted by Crippen LogP contribution is 2.35. The van der Waals surface area contributed by atoms with Crippen LogP contribution in [0.2, 0.25) is 0 Å². The Morgan fingerprint density at radius 1 is 1.11 bits per heavy atom. The van der Waals surface area contributed by atoms with Crippen molar-refractivity contribution >= 4 is 21.4 Å². The van der Waals surface area contributed by atoms with Gasteiger partial charge in [-0.3, -0.25) is 10.1 Å². The van der Waals surface area contributed by atoms with E-state index in [-0.39, 0.29) is 10.6 Å². The van der Waals surface area contributed by atoms with Crippen LogP contribution in [0.4, 0.5) is 11.4 Å². The van der Waals surface area contributed by atoms with Crippen LogP contribution in [0.15, 0.2) is 53.4 Å². The second-order valence-corrected chi connectivity index (χ2v) is 8.53. The molecular formula is C19H23N3O4S. The van der Waals surface area contributed by atoms with Crippen molar-refractivity contribution in [1.29, 1.82) is 0 Å². The number of hydrogen-bond donors (Lipinski definition) is 1. The summed E-state index contributed by atoms with van der Waals surface area (Å²) < 4.78 is 26.1. The lowest BCUT2D eigenvalue weighted by Crippen LogP contribution is -2.25. The fourth-order valence-electron chi connectivity index (χ4n) is 3.60. The van der Waals surface area contributed by atoms with Gasteiger partial charge in [0.2, 0.25) is 10.0 Å². The summed E-state index contributed by atoms with van der Waals surface area (Å²) in [5.74, 6) is 0.430. The van der Waals surface area contributed by atoms with E-state index in [0.717, 1.165) is 25.3 Å². The highest BCUT2D eigenvalue weighted by molar-refractivity contribution is 7.89. The summed E-state index contributed by atoms with van der Waals surface area (Å²) in [5, 5.41) is 11.6. The van der Waals surface area contributed by atoms with Gasteiger partial charge in [-0.1, -0.05) is 30.3 Å². The zero-order chi connectivity index (χ0) is 19.4. The zero-order valence-corrected chi connectivity index (χ0v) is 16.0. The molecule has 1 heterocycles. The minimum Gasteiger partial charge on any atom is -0.366 e. The van der Waals surface area contributed by atoms with Crippen LogP contribution in [0.3, 0.4) is 0 Å². The second kappa shape index (κ2) is 8.06. The monoisotopic (exact) mass is 389 g/mol. The summed E-state index contributed by atoms with van der Waals surface area (Å²) in [7, 11) is -2.44. The molecule has 1 N–H and O–H groups in total. The van der Waals surface area contributed by atoms with Crippen LogP contribution in [0.25, 0.3) is 0 Å². The van der Waals surface area contributed by atoms with Crippen molar-refractivity contribution in [2.45, 2.75) is 30.1 Å². The van der Waals surface area contributed by atoms with Crippen LogP contribution in [0.1, 0.15) is 30.7 Å². The van der Waals surface area contributed by atoms with Crippen LogP contribution in [0, 0.1) is 10.1 Å². The molecule has 144 valence electrons. The molecule has 0 spiro atoms. The normalized spacial score (nSPS) is 18.1. The largest absolute Gasteiger partial charge is 0.366 e. The third-order valence-corrected chi connectivity index (χ3v) is 6.47. The van der Waals surface area contributed by atoms with Gasteiger partial charge in [-0.2, -0.15) is 0 Å². The summed E-state index contributed by atoms with van der Waals surface area (Å²) in [6.45, 7) is 1.40. The van der Waals surface area contributed by atoms with Gasteiger partial charge in [0, 0.05) is 19.2 Å². The molecule has 0 aliphatic carbocycles. The van der Waals surface area contributed by atoms with Gasteiger partial charge >= 0.3 is 0 Å². The van der Waals surface area contributed by atoms with Gasteiger partial charge in [-0.25, -0.2) is 13.1 Å². The first-order valence-corrected chi connectivity index (χ1v) is 10.4. The fourth-order valence-corrected chi connectivity index (χ4v) is 4.35. The SMILES string of the molecule is CNS(=O)(=O)c1ccc(N2CCCC(c3ccccc3)CC2)c([N+](=O)[O-])c1. The van der Waals surface area contributed by atoms with Crippen LogP contribution >= 0.6 is 0 Å². The third kappa shape index (κ3) is 4.28. The van der Waals surface area contributed by atoms with Gasteiger partial charge in [-0.15, -0.1) is 0 Å². The van der Waals surface area contributed by atoms with Crippen LogP contribution in [-0.4, -0.2) is 33.5 Å². The number of nitrogens with zero attached hydrogens (tertiary/aromatic N) is 2. The average Bonchev–Trinajstić information content (AvgIpc) is 2.94. The van der Waals surface area contributed by atoms with Crippen LogP contribution in [-0.2, 0) is 10.0 Å². The Bertz CT molecular complexity index is 916. The van der Waals surface area contributed by atoms with Gasteiger partial charge < -0.3 is 4.90 Å². The number of anilines is 1. The minimum atomic E-state index is -3.73. The molecular weight excluding hydrogens is 366 g/mol. The van der Waals surface area contributed by atoms with Gasteiger partial charge in [0.05, 0.1) is 9.82 Å². The molecule has 3 rings (SSSR count). The van der Waals surface area contributed by atoms with Crippen molar-refractivity contribution in [3.8, 4) is 0 Å². The number of nitro benzene ring substituents is 1. The first-order chi connectivity index (χ1) is 12.9. The minimum absolute atomic E-state index is 0.0996. The van der Waals surface area contributed by atoms with Gasteiger partial charge in [0.15, 0.2) is 0 Å². The number of sulfonamides is 1. The molecule has 27 heavy (non-hydrogen) atoms. The average molecular weight is 389 g/mol. The fraction of sp³-hybridized carbons (Fsp3) is 0.368. The molecule has 2 aromatic rings. The summed E-state index contributed by atoms with van der Waals surface area (Å²) in [5.41, 5.74) is 1.59. The number of rotatable bonds is 5. The molecule has 1 saturated heterocycles. The van der Waals surface area contributed by atoms with E-state index in [1.165, 1.54) is 18.7 Å². The van der Waals surface area contributed by atoms with E-state index in [2.05, 4.69) is 16.9 Å². The second-order valence-electron chi connectivity index (χ2n) is 6.64. The van der Waals surface area contributed by atoms with E-state index in [1.807, 2.05) is 23.1 Å². The third-order valence-electron chi connectivity index (χ3n) is 5.06. The summed E-state index contributed by atoms with van der Waals surface area (Å²) in [4.78, 5) is 13.0. The van der Waals surface area contributed by atoms with Crippen molar-refractivity contribution < 1.29 is 13.3 Å². The number of nitro groups is 1. The molecule has 0 bridgehead atoms. The highest BCUT2D eigenvalue weighted by atomic mass is 32.2. The maximum atomic E-state index is 12.0. The van der Waals surface area contributed by atoms with Crippen LogP contribution in [0.5, 0.6) is 0 Å². The molecule has 0 aromatic heterocycles. The Kier molecular flexibility index (Phi) is 5.76. The molecule has 0 amide bonds. The van der Waals surface area contributed by atoms with Crippen LogP contribution < -0.4 is 9.62 Å². The summed E-state index contributed by atoms with van der Waals surface area (Å²) >= 11 is 0. The lowest BCUT2D eigenvalue weighted by molar-refractivity contribution is -0.384. The zero-order valence-electron chi connectivity index (χ0n) is 15.2. The Labute approximate surface area is 159 Å². The molecule has 8 heteroatoms. The van der Waals surface area contributed by atoms with E-state index in [0.29, 0.717) is 24.7 Å². The van der Waals surface area contributed by atoms with Crippen molar-refractivity contribution in [3.05, 3.63) is 64.2 Å². The Morgan fingerprint density at radius 3 is 2.52 bits per heavy atom.